The van der Waals surface area contributed by atoms with Gasteiger partial charge in [-0.1, -0.05) is 0 Å². The number of benzene rings is 1. The van der Waals surface area contributed by atoms with Gasteiger partial charge in [0.25, 0.3) is 0 Å². The molecule has 1 aromatic heterocycles. The molecular weight excluding hydrogens is 312 g/mol. The van der Waals surface area contributed by atoms with E-state index in [2.05, 4.69) is 26.2 Å². The minimum atomic E-state index is -1.03. The van der Waals surface area contributed by atoms with Crippen LogP contribution in [0, 0.1) is 0 Å². The second-order valence-electron chi connectivity index (χ2n) is 3.70. The lowest BCUT2D eigenvalue weighted by Gasteiger charge is -2.12. The molecule has 0 aliphatic carbocycles. The Morgan fingerprint density at radius 1 is 1.37 bits per heavy atom. The standard InChI is InChI=1S/C13H11BrN2O3/c1-19-8-2-3-10(14)12(6-8)16-11-4-5-15-7-9(11)13(17)18/h2-7H,1H3,(H,15,16)(H,17,18). The minimum absolute atomic E-state index is 0.109. The summed E-state index contributed by atoms with van der Waals surface area (Å²) in [5.74, 6) is -0.355. The van der Waals surface area contributed by atoms with Gasteiger partial charge in [-0.25, -0.2) is 4.79 Å². The molecule has 2 aromatic rings. The molecule has 0 spiro atoms. The van der Waals surface area contributed by atoms with E-state index >= 15 is 0 Å². The lowest BCUT2D eigenvalue weighted by molar-refractivity contribution is 0.0697. The van der Waals surface area contributed by atoms with Gasteiger partial charge in [0.15, 0.2) is 0 Å². The number of methoxy groups -OCH3 is 1. The molecule has 2 N–H and O–H groups in total. The largest absolute Gasteiger partial charge is 0.497 e. The number of halogens is 1. The Morgan fingerprint density at radius 2 is 2.16 bits per heavy atom. The van der Waals surface area contributed by atoms with E-state index in [0.717, 1.165) is 4.47 Å². The molecule has 0 atom stereocenters. The van der Waals surface area contributed by atoms with Gasteiger partial charge < -0.3 is 15.2 Å². The molecule has 0 aliphatic heterocycles. The number of hydrogen-bond donors (Lipinski definition) is 2. The van der Waals surface area contributed by atoms with Gasteiger partial charge in [0.2, 0.25) is 0 Å². The summed E-state index contributed by atoms with van der Waals surface area (Å²) < 4.78 is 5.94. The number of pyridine rings is 1. The van der Waals surface area contributed by atoms with Crippen molar-refractivity contribution in [3.05, 3.63) is 46.7 Å². The molecule has 98 valence electrons. The quantitative estimate of drug-likeness (QED) is 0.903. The fourth-order valence-corrected chi connectivity index (χ4v) is 1.89. The number of nitrogens with zero attached hydrogens (tertiary/aromatic N) is 1. The molecule has 2 rings (SSSR count). The summed E-state index contributed by atoms with van der Waals surface area (Å²) in [7, 11) is 1.57. The van der Waals surface area contributed by atoms with Gasteiger partial charge in [-0.05, 0) is 34.1 Å². The molecule has 0 saturated heterocycles. The Balaban J connectivity index is 2.38. The van der Waals surface area contributed by atoms with E-state index < -0.39 is 5.97 Å². The van der Waals surface area contributed by atoms with Crippen LogP contribution in [0.15, 0.2) is 41.1 Å². The molecular formula is C13H11BrN2O3. The highest BCUT2D eigenvalue weighted by molar-refractivity contribution is 9.10. The van der Waals surface area contributed by atoms with Crippen molar-refractivity contribution in [2.45, 2.75) is 0 Å². The Bertz CT molecular complexity index is 617. The van der Waals surface area contributed by atoms with Crippen LogP contribution in [-0.2, 0) is 0 Å². The first-order valence-corrected chi connectivity index (χ1v) is 6.19. The number of anilines is 2. The smallest absolute Gasteiger partial charge is 0.339 e. The predicted octanol–water partition coefficient (Wildman–Crippen LogP) is 3.29. The molecule has 6 heteroatoms. The maximum absolute atomic E-state index is 11.1. The van der Waals surface area contributed by atoms with Crippen LogP contribution in [0.1, 0.15) is 10.4 Å². The zero-order valence-corrected chi connectivity index (χ0v) is 11.6. The molecule has 0 aliphatic rings. The summed E-state index contributed by atoms with van der Waals surface area (Å²) in [6, 6.07) is 7.01. The summed E-state index contributed by atoms with van der Waals surface area (Å²) in [6.45, 7) is 0. The van der Waals surface area contributed by atoms with Crippen LogP contribution >= 0.6 is 15.9 Å². The van der Waals surface area contributed by atoms with Gasteiger partial charge in [0, 0.05) is 22.9 Å². The van der Waals surface area contributed by atoms with Gasteiger partial charge >= 0.3 is 5.97 Å². The number of rotatable bonds is 4. The first-order valence-electron chi connectivity index (χ1n) is 5.39. The summed E-state index contributed by atoms with van der Waals surface area (Å²) >= 11 is 3.40. The van der Waals surface area contributed by atoms with Gasteiger partial charge in [0.05, 0.1) is 18.5 Å². The van der Waals surface area contributed by atoms with Crippen LogP contribution in [0.4, 0.5) is 11.4 Å². The number of aromatic carboxylic acids is 1. The molecule has 0 saturated carbocycles. The maximum atomic E-state index is 11.1. The third kappa shape index (κ3) is 3.03. The lowest BCUT2D eigenvalue weighted by atomic mass is 10.2. The van der Waals surface area contributed by atoms with E-state index in [1.54, 1.807) is 25.3 Å². The fraction of sp³-hybridized carbons (Fsp3) is 0.0769. The van der Waals surface area contributed by atoms with Gasteiger partial charge in [-0.2, -0.15) is 0 Å². The third-order valence-corrected chi connectivity index (χ3v) is 3.19. The molecule has 1 heterocycles. The highest BCUT2D eigenvalue weighted by Gasteiger charge is 2.11. The summed E-state index contributed by atoms with van der Waals surface area (Å²) in [6.07, 6.45) is 2.83. The van der Waals surface area contributed by atoms with Crippen LogP contribution in [0.5, 0.6) is 5.75 Å². The first kappa shape index (κ1) is 13.4. The minimum Gasteiger partial charge on any atom is -0.497 e. The highest BCUT2D eigenvalue weighted by atomic mass is 79.9. The summed E-state index contributed by atoms with van der Waals surface area (Å²) in [5.41, 5.74) is 1.29. The second-order valence-corrected chi connectivity index (χ2v) is 4.55. The number of ether oxygens (including phenoxy) is 1. The van der Waals surface area contributed by atoms with Crippen molar-refractivity contribution in [2.75, 3.05) is 12.4 Å². The third-order valence-electron chi connectivity index (χ3n) is 2.49. The number of carbonyl (C=O) groups is 1. The van der Waals surface area contributed by atoms with E-state index in [1.165, 1.54) is 12.4 Å². The molecule has 0 unspecified atom stereocenters. The highest BCUT2D eigenvalue weighted by Crippen LogP contribution is 2.30. The zero-order valence-electron chi connectivity index (χ0n) is 10.1. The van der Waals surface area contributed by atoms with E-state index in [-0.39, 0.29) is 5.56 Å². The van der Waals surface area contributed by atoms with Crippen LogP contribution in [-0.4, -0.2) is 23.2 Å². The van der Waals surface area contributed by atoms with E-state index in [0.29, 0.717) is 17.1 Å². The molecule has 5 nitrogen and oxygen atoms in total. The Labute approximate surface area is 118 Å². The van der Waals surface area contributed by atoms with Crippen molar-refractivity contribution in [3.63, 3.8) is 0 Å². The number of nitrogens with one attached hydrogen (secondary N) is 1. The molecule has 0 amide bonds. The van der Waals surface area contributed by atoms with E-state index in [4.69, 9.17) is 9.84 Å². The normalized spacial score (nSPS) is 10.0. The zero-order chi connectivity index (χ0) is 13.8. The molecule has 0 fully saturated rings. The van der Waals surface area contributed by atoms with Crippen molar-refractivity contribution in [2.24, 2.45) is 0 Å². The Morgan fingerprint density at radius 3 is 2.84 bits per heavy atom. The van der Waals surface area contributed by atoms with E-state index in [9.17, 15) is 4.79 Å². The number of carboxylic acids is 1. The van der Waals surface area contributed by atoms with E-state index in [1.807, 2.05) is 6.07 Å². The summed E-state index contributed by atoms with van der Waals surface area (Å²) in [4.78, 5) is 14.9. The Hall–Kier alpha value is -2.08. The predicted molar refractivity (Wildman–Crippen MR) is 75.2 cm³/mol. The van der Waals surface area contributed by atoms with Crippen molar-refractivity contribution in [1.29, 1.82) is 0 Å². The number of carboxylic acid groups (broad SMARTS) is 1. The van der Waals surface area contributed by atoms with Gasteiger partial charge in [0.1, 0.15) is 11.3 Å². The van der Waals surface area contributed by atoms with Gasteiger partial charge in [-0.3, -0.25) is 4.98 Å². The second kappa shape index (κ2) is 5.71. The molecule has 0 radical (unpaired) electrons. The average Bonchev–Trinajstić information content (AvgIpc) is 2.41. The van der Waals surface area contributed by atoms with Gasteiger partial charge in [-0.15, -0.1) is 0 Å². The Kier molecular flexibility index (Phi) is 4.01. The van der Waals surface area contributed by atoms with Crippen molar-refractivity contribution >= 4 is 33.3 Å². The molecule has 1 aromatic carbocycles. The van der Waals surface area contributed by atoms with Crippen molar-refractivity contribution < 1.29 is 14.6 Å². The first-order chi connectivity index (χ1) is 9.11. The molecule has 19 heavy (non-hydrogen) atoms. The topological polar surface area (TPSA) is 71.5 Å². The number of hydrogen-bond acceptors (Lipinski definition) is 4. The van der Waals surface area contributed by atoms with Crippen LogP contribution in [0.3, 0.4) is 0 Å². The van der Waals surface area contributed by atoms with Crippen LogP contribution < -0.4 is 10.1 Å². The fourth-order valence-electron chi connectivity index (χ4n) is 1.55. The maximum Gasteiger partial charge on any atom is 0.339 e. The number of aromatic nitrogens is 1. The average molecular weight is 323 g/mol. The van der Waals surface area contributed by atoms with Crippen LogP contribution in [0.25, 0.3) is 0 Å². The van der Waals surface area contributed by atoms with Crippen molar-refractivity contribution in [3.8, 4) is 5.75 Å². The molecule has 0 bridgehead atoms. The van der Waals surface area contributed by atoms with Crippen molar-refractivity contribution in [1.82, 2.24) is 4.98 Å². The lowest BCUT2D eigenvalue weighted by Crippen LogP contribution is -2.03. The van der Waals surface area contributed by atoms with Crippen LogP contribution in [0.2, 0.25) is 0 Å². The monoisotopic (exact) mass is 322 g/mol. The SMILES string of the molecule is COc1ccc(Br)c(Nc2ccncc2C(=O)O)c1. The summed E-state index contributed by atoms with van der Waals surface area (Å²) in [5, 5.41) is 12.1.